The molecular formula is C21H25NO6S. The minimum absolute atomic E-state index is 0.0949. The maximum atomic E-state index is 12.6. The maximum Gasteiger partial charge on any atom is 0.341 e. The van der Waals surface area contributed by atoms with Crippen molar-refractivity contribution in [2.24, 2.45) is 0 Å². The molecule has 0 aromatic heterocycles. The molecule has 2 aromatic rings. The largest absolute Gasteiger partial charge is 0.487 e. The molecule has 1 aliphatic rings. The van der Waals surface area contributed by atoms with Crippen LogP contribution in [0.1, 0.15) is 37.3 Å². The highest BCUT2D eigenvalue weighted by Gasteiger charge is 2.34. The molecule has 0 spiro atoms. The van der Waals surface area contributed by atoms with E-state index in [1.165, 1.54) is 0 Å². The number of aliphatic carboxylic acids is 1. The van der Waals surface area contributed by atoms with E-state index in [-0.39, 0.29) is 17.4 Å². The Hall–Kier alpha value is -2.58. The van der Waals surface area contributed by atoms with Gasteiger partial charge in [-0.2, -0.15) is 0 Å². The summed E-state index contributed by atoms with van der Waals surface area (Å²) < 4.78 is 39.2. The SMILES string of the molecule is Cc1ccc(S(=O)(=O)NCC2CC(C)(C)Oc3cc(OCC(=O)O)ccc32)cc1. The molecule has 1 heterocycles. The molecule has 29 heavy (non-hydrogen) atoms. The van der Waals surface area contributed by atoms with E-state index in [9.17, 15) is 13.2 Å². The summed E-state index contributed by atoms with van der Waals surface area (Å²) in [5.41, 5.74) is 1.35. The Balaban J connectivity index is 1.79. The first-order chi connectivity index (χ1) is 13.6. The average molecular weight is 419 g/mol. The Bertz CT molecular complexity index is 998. The third-order valence-corrected chi connectivity index (χ3v) is 6.20. The minimum atomic E-state index is -3.62. The van der Waals surface area contributed by atoms with E-state index in [1.54, 1.807) is 42.5 Å². The van der Waals surface area contributed by atoms with E-state index < -0.39 is 28.2 Å². The topological polar surface area (TPSA) is 102 Å². The van der Waals surface area contributed by atoms with Crippen molar-refractivity contribution in [3.8, 4) is 11.5 Å². The molecule has 1 aliphatic heterocycles. The summed E-state index contributed by atoms with van der Waals surface area (Å²) in [6.07, 6.45) is 0.631. The monoisotopic (exact) mass is 419 g/mol. The number of carboxylic acid groups (broad SMARTS) is 1. The summed E-state index contributed by atoms with van der Waals surface area (Å²) in [6, 6.07) is 11.8. The van der Waals surface area contributed by atoms with E-state index in [0.29, 0.717) is 17.9 Å². The second-order valence-electron chi connectivity index (χ2n) is 7.81. The molecular weight excluding hydrogens is 394 g/mol. The maximum absolute atomic E-state index is 12.6. The van der Waals surface area contributed by atoms with Crippen molar-refractivity contribution in [3.63, 3.8) is 0 Å². The molecule has 1 unspecified atom stereocenters. The zero-order chi connectivity index (χ0) is 21.2. The number of sulfonamides is 1. The fourth-order valence-corrected chi connectivity index (χ4v) is 4.49. The van der Waals surface area contributed by atoms with Crippen LogP contribution in [0.25, 0.3) is 0 Å². The van der Waals surface area contributed by atoms with Crippen LogP contribution in [0.3, 0.4) is 0 Å². The van der Waals surface area contributed by atoms with E-state index in [1.807, 2.05) is 20.8 Å². The zero-order valence-corrected chi connectivity index (χ0v) is 17.5. The molecule has 2 N–H and O–H groups in total. The van der Waals surface area contributed by atoms with Gasteiger partial charge in [-0.1, -0.05) is 23.8 Å². The highest BCUT2D eigenvalue weighted by molar-refractivity contribution is 7.89. The van der Waals surface area contributed by atoms with Crippen LogP contribution in [0.4, 0.5) is 0 Å². The van der Waals surface area contributed by atoms with E-state index in [2.05, 4.69) is 4.72 Å². The minimum Gasteiger partial charge on any atom is -0.487 e. The van der Waals surface area contributed by atoms with Gasteiger partial charge < -0.3 is 14.6 Å². The Labute approximate surface area is 170 Å². The van der Waals surface area contributed by atoms with Crippen molar-refractivity contribution in [3.05, 3.63) is 53.6 Å². The second-order valence-corrected chi connectivity index (χ2v) is 9.58. The van der Waals surface area contributed by atoms with Gasteiger partial charge in [0.05, 0.1) is 4.90 Å². The molecule has 0 amide bonds. The molecule has 8 heteroatoms. The molecule has 2 aromatic carbocycles. The van der Waals surface area contributed by atoms with Gasteiger partial charge in [-0.15, -0.1) is 0 Å². The van der Waals surface area contributed by atoms with Gasteiger partial charge in [-0.05, 0) is 51.0 Å². The van der Waals surface area contributed by atoms with Crippen molar-refractivity contribution in [2.75, 3.05) is 13.2 Å². The van der Waals surface area contributed by atoms with Crippen molar-refractivity contribution < 1.29 is 27.8 Å². The molecule has 0 fully saturated rings. The van der Waals surface area contributed by atoms with Crippen LogP contribution < -0.4 is 14.2 Å². The van der Waals surface area contributed by atoms with Gasteiger partial charge in [0.1, 0.15) is 17.1 Å². The van der Waals surface area contributed by atoms with Crippen LogP contribution in [0, 0.1) is 6.92 Å². The molecule has 0 aliphatic carbocycles. The lowest BCUT2D eigenvalue weighted by Gasteiger charge is -2.37. The summed E-state index contributed by atoms with van der Waals surface area (Å²) in [4.78, 5) is 10.9. The normalized spacial score (nSPS) is 17.8. The first kappa shape index (κ1) is 21.1. The van der Waals surface area contributed by atoms with Crippen LogP contribution in [-0.4, -0.2) is 38.2 Å². The smallest absolute Gasteiger partial charge is 0.341 e. The van der Waals surface area contributed by atoms with Gasteiger partial charge in [-0.3, -0.25) is 0 Å². The Morgan fingerprint density at radius 2 is 1.93 bits per heavy atom. The third kappa shape index (κ3) is 5.27. The lowest BCUT2D eigenvalue weighted by atomic mass is 9.84. The molecule has 3 rings (SSSR count). The zero-order valence-electron chi connectivity index (χ0n) is 16.6. The fraction of sp³-hybridized carbons (Fsp3) is 0.381. The number of rotatable bonds is 7. The van der Waals surface area contributed by atoms with Crippen molar-refractivity contribution in [1.29, 1.82) is 0 Å². The van der Waals surface area contributed by atoms with E-state index >= 15 is 0 Å². The summed E-state index contributed by atoms with van der Waals surface area (Å²) in [6.45, 7) is 5.55. The first-order valence-corrected chi connectivity index (χ1v) is 10.8. The average Bonchev–Trinajstić information content (AvgIpc) is 2.63. The van der Waals surface area contributed by atoms with E-state index in [4.69, 9.17) is 14.6 Å². The van der Waals surface area contributed by atoms with Gasteiger partial charge >= 0.3 is 5.97 Å². The van der Waals surface area contributed by atoms with Gasteiger partial charge in [0.25, 0.3) is 0 Å². The molecule has 156 valence electrons. The number of carboxylic acids is 1. The van der Waals surface area contributed by atoms with E-state index in [0.717, 1.165) is 11.1 Å². The van der Waals surface area contributed by atoms with Crippen LogP contribution in [0.15, 0.2) is 47.4 Å². The van der Waals surface area contributed by atoms with Crippen LogP contribution in [0.5, 0.6) is 11.5 Å². The first-order valence-electron chi connectivity index (χ1n) is 9.30. The van der Waals surface area contributed by atoms with Crippen molar-refractivity contribution in [1.82, 2.24) is 4.72 Å². The van der Waals surface area contributed by atoms with Gasteiger partial charge in [-0.25, -0.2) is 17.9 Å². The summed E-state index contributed by atoms with van der Waals surface area (Å²) in [7, 11) is -3.62. The number of ether oxygens (including phenoxy) is 2. The molecule has 1 atom stereocenters. The number of nitrogens with one attached hydrogen (secondary N) is 1. The standard InChI is InChI=1S/C21H25NO6S/c1-14-4-7-17(8-5-14)29(25,26)22-12-15-11-21(2,3)28-19-10-16(6-9-18(15)19)27-13-20(23)24/h4-10,15,22H,11-13H2,1-3H3,(H,23,24). The molecule has 0 saturated carbocycles. The Morgan fingerprint density at radius 1 is 1.24 bits per heavy atom. The van der Waals surface area contributed by atoms with Crippen LogP contribution in [0.2, 0.25) is 0 Å². The second kappa shape index (κ2) is 8.04. The number of benzene rings is 2. The summed E-state index contributed by atoms with van der Waals surface area (Å²) >= 11 is 0. The third-order valence-electron chi connectivity index (χ3n) is 4.76. The summed E-state index contributed by atoms with van der Waals surface area (Å²) in [5, 5.41) is 8.77. The van der Waals surface area contributed by atoms with Gasteiger partial charge in [0, 0.05) is 18.5 Å². The number of fused-ring (bicyclic) bond motifs is 1. The number of aryl methyl sites for hydroxylation is 1. The molecule has 0 saturated heterocycles. The number of hydrogen-bond acceptors (Lipinski definition) is 5. The van der Waals surface area contributed by atoms with Crippen molar-refractivity contribution in [2.45, 2.75) is 43.6 Å². The van der Waals surface area contributed by atoms with Crippen LogP contribution in [-0.2, 0) is 14.8 Å². The van der Waals surface area contributed by atoms with Gasteiger partial charge in [0.2, 0.25) is 10.0 Å². The fourth-order valence-electron chi connectivity index (χ4n) is 3.41. The van der Waals surface area contributed by atoms with Crippen LogP contribution >= 0.6 is 0 Å². The molecule has 7 nitrogen and oxygen atoms in total. The predicted octanol–water partition coefficient (Wildman–Crippen LogP) is 3.08. The van der Waals surface area contributed by atoms with Crippen molar-refractivity contribution >= 4 is 16.0 Å². The lowest BCUT2D eigenvalue weighted by molar-refractivity contribution is -0.139. The Kier molecular flexibility index (Phi) is 5.86. The predicted molar refractivity (Wildman–Crippen MR) is 108 cm³/mol. The number of hydrogen-bond donors (Lipinski definition) is 2. The molecule has 0 bridgehead atoms. The number of carbonyl (C=O) groups is 1. The quantitative estimate of drug-likeness (QED) is 0.715. The lowest BCUT2D eigenvalue weighted by Crippen LogP contribution is -2.39. The van der Waals surface area contributed by atoms with Gasteiger partial charge in [0.15, 0.2) is 6.61 Å². The highest BCUT2D eigenvalue weighted by atomic mass is 32.2. The molecule has 0 radical (unpaired) electrons. The summed E-state index contributed by atoms with van der Waals surface area (Å²) in [5.74, 6) is -0.193. The highest BCUT2D eigenvalue weighted by Crippen LogP contribution is 2.42. The Morgan fingerprint density at radius 3 is 2.59 bits per heavy atom.